The molecule has 0 fully saturated rings. The molecule has 1 aromatic heterocycles. The number of fused-ring (bicyclic) bond motifs is 3. The smallest absolute Gasteiger partial charge is 0.143 e. The lowest BCUT2D eigenvalue weighted by atomic mass is 9.69. The van der Waals surface area contributed by atoms with Crippen molar-refractivity contribution < 1.29 is 15.3 Å². The highest BCUT2D eigenvalue weighted by Crippen LogP contribution is 2.46. The van der Waals surface area contributed by atoms with Crippen LogP contribution in [0.1, 0.15) is 57.7 Å². The number of phenolic OH excluding ortho intramolecular Hbond substituents is 2. The molecular weight excluding hydrogens is 278 g/mol. The largest absolute Gasteiger partial charge is 0.508 e. The summed E-state index contributed by atoms with van der Waals surface area (Å²) in [6.45, 7) is 6.31. The van der Waals surface area contributed by atoms with Crippen molar-refractivity contribution in [3.05, 3.63) is 23.4 Å². The minimum absolute atomic E-state index is 0.0383. The topological polar surface area (TPSA) is 76.5 Å². The molecule has 0 radical (unpaired) electrons. The molecule has 122 valence electrons. The van der Waals surface area contributed by atoms with E-state index < -0.39 is 0 Å². The molecule has 1 unspecified atom stereocenters. The fraction of sp³-hybridized carbons (Fsp3) is 0.556. The average Bonchev–Trinajstić information content (AvgIpc) is 2.90. The van der Waals surface area contributed by atoms with Gasteiger partial charge in [-0.05, 0) is 43.7 Å². The Labute approximate surface area is 131 Å². The van der Waals surface area contributed by atoms with Gasteiger partial charge in [0.15, 0.2) is 0 Å². The van der Waals surface area contributed by atoms with E-state index in [1.165, 1.54) is 11.6 Å². The molecule has 22 heavy (non-hydrogen) atoms. The van der Waals surface area contributed by atoms with Crippen molar-refractivity contribution in [2.75, 3.05) is 6.61 Å². The molecular formula is C18H27NO3. The number of rotatable bonds is 3. The molecule has 0 aliphatic heterocycles. The molecule has 0 amide bonds. The minimum atomic E-state index is -0.0383. The van der Waals surface area contributed by atoms with E-state index in [2.05, 4.69) is 11.9 Å². The molecule has 1 aromatic carbocycles. The zero-order chi connectivity index (χ0) is 16.3. The predicted octanol–water partition coefficient (Wildman–Crippen LogP) is 3.97. The van der Waals surface area contributed by atoms with E-state index in [4.69, 9.17) is 0 Å². The number of aromatic nitrogens is 1. The molecule has 4 nitrogen and oxygen atoms in total. The Balaban J connectivity index is 0.000000847. The number of hydrogen-bond donors (Lipinski definition) is 4. The summed E-state index contributed by atoms with van der Waals surface area (Å²) in [6.07, 6.45) is 4.77. The van der Waals surface area contributed by atoms with Gasteiger partial charge in [-0.25, -0.2) is 0 Å². The quantitative estimate of drug-likeness (QED) is 0.693. The monoisotopic (exact) mass is 305 g/mol. The lowest BCUT2D eigenvalue weighted by Crippen LogP contribution is -2.31. The highest BCUT2D eigenvalue weighted by atomic mass is 16.3. The Morgan fingerprint density at radius 2 is 1.95 bits per heavy atom. The van der Waals surface area contributed by atoms with Crippen molar-refractivity contribution in [2.24, 2.45) is 0 Å². The van der Waals surface area contributed by atoms with E-state index in [0.717, 1.165) is 43.2 Å². The molecule has 3 rings (SSSR count). The standard InChI is InChI=1S/C16H21NO3.C2H6/c1-2-16(6-7-18)5-3-4-11-12-8-10(19)9-13(20)14(12)17-15(11)16;1-2/h8-9,17-20H,2-7H2,1H3;1-2H3. The van der Waals surface area contributed by atoms with Gasteiger partial charge in [0.25, 0.3) is 0 Å². The molecule has 2 aromatic rings. The number of aliphatic hydroxyl groups is 1. The number of hydrogen-bond acceptors (Lipinski definition) is 3. The van der Waals surface area contributed by atoms with Crippen LogP contribution in [0.4, 0.5) is 0 Å². The van der Waals surface area contributed by atoms with Crippen LogP contribution in [-0.2, 0) is 11.8 Å². The maximum atomic E-state index is 10.0. The van der Waals surface area contributed by atoms with Crippen molar-refractivity contribution in [2.45, 2.75) is 58.3 Å². The molecule has 1 aliphatic carbocycles. The molecule has 0 saturated heterocycles. The molecule has 1 atom stereocenters. The number of aromatic hydroxyl groups is 2. The van der Waals surface area contributed by atoms with E-state index in [1.54, 1.807) is 6.07 Å². The van der Waals surface area contributed by atoms with Gasteiger partial charge in [0.2, 0.25) is 0 Å². The molecule has 4 N–H and O–H groups in total. The van der Waals surface area contributed by atoms with Crippen LogP contribution in [0.5, 0.6) is 11.5 Å². The molecule has 4 heteroatoms. The lowest BCUT2D eigenvalue weighted by molar-refractivity contribution is 0.213. The first kappa shape index (κ1) is 16.7. The van der Waals surface area contributed by atoms with Gasteiger partial charge in [-0.1, -0.05) is 20.8 Å². The lowest BCUT2D eigenvalue weighted by Gasteiger charge is -2.36. The summed E-state index contributed by atoms with van der Waals surface area (Å²) in [7, 11) is 0. The SMILES string of the molecule is CC.CCC1(CCO)CCCc2c1[nH]c1c(O)cc(O)cc21. The molecule has 1 aliphatic rings. The third kappa shape index (κ3) is 2.56. The molecule has 1 heterocycles. The molecule has 0 bridgehead atoms. The number of aromatic amines is 1. The first-order valence-corrected chi connectivity index (χ1v) is 8.29. The second kappa shape index (κ2) is 6.61. The van der Waals surface area contributed by atoms with Gasteiger partial charge < -0.3 is 20.3 Å². The van der Waals surface area contributed by atoms with Crippen molar-refractivity contribution in [3.8, 4) is 11.5 Å². The third-order valence-electron chi connectivity index (χ3n) is 4.86. The van der Waals surface area contributed by atoms with E-state index in [1.807, 2.05) is 13.8 Å². The van der Waals surface area contributed by atoms with Crippen LogP contribution in [0.25, 0.3) is 10.9 Å². The summed E-state index contributed by atoms with van der Waals surface area (Å²) in [6, 6.07) is 3.08. The van der Waals surface area contributed by atoms with Crippen LogP contribution >= 0.6 is 0 Å². The Kier molecular flexibility index (Phi) is 5.01. The van der Waals surface area contributed by atoms with Gasteiger partial charge in [0, 0.05) is 29.2 Å². The van der Waals surface area contributed by atoms with E-state index in [-0.39, 0.29) is 23.5 Å². The van der Waals surface area contributed by atoms with Gasteiger partial charge in [-0.15, -0.1) is 0 Å². The zero-order valence-corrected chi connectivity index (χ0v) is 13.7. The summed E-state index contributed by atoms with van der Waals surface area (Å²) >= 11 is 0. The van der Waals surface area contributed by atoms with Crippen LogP contribution in [0.3, 0.4) is 0 Å². The first-order valence-electron chi connectivity index (χ1n) is 8.29. The first-order chi connectivity index (χ1) is 10.6. The van der Waals surface area contributed by atoms with Crippen LogP contribution in [0.15, 0.2) is 12.1 Å². The number of H-pyrrole nitrogens is 1. The normalized spacial score (nSPS) is 20.4. The number of nitrogens with one attached hydrogen (secondary N) is 1. The fourth-order valence-electron chi connectivity index (χ4n) is 3.75. The minimum Gasteiger partial charge on any atom is -0.508 e. The second-order valence-electron chi connectivity index (χ2n) is 5.83. The molecule has 0 spiro atoms. The maximum absolute atomic E-state index is 10.0. The van der Waals surface area contributed by atoms with Gasteiger partial charge in [0.1, 0.15) is 11.5 Å². The summed E-state index contributed by atoms with van der Waals surface area (Å²) < 4.78 is 0. The van der Waals surface area contributed by atoms with Gasteiger partial charge in [-0.2, -0.15) is 0 Å². The average molecular weight is 305 g/mol. The van der Waals surface area contributed by atoms with Crippen molar-refractivity contribution in [1.29, 1.82) is 0 Å². The van der Waals surface area contributed by atoms with Crippen LogP contribution < -0.4 is 0 Å². The van der Waals surface area contributed by atoms with Crippen molar-refractivity contribution >= 4 is 10.9 Å². The van der Waals surface area contributed by atoms with Crippen LogP contribution in [-0.4, -0.2) is 26.9 Å². The number of aryl methyl sites for hydroxylation is 1. The Morgan fingerprint density at radius 3 is 2.59 bits per heavy atom. The summed E-state index contributed by atoms with van der Waals surface area (Å²) in [5.41, 5.74) is 2.98. The van der Waals surface area contributed by atoms with Crippen LogP contribution in [0, 0.1) is 0 Å². The Bertz CT molecular complexity index is 647. The zero-order valence-electron chi connectivity index (χ0n) is 13.7. The number of benzene rings is 1. The summed E-state index contributed by atoms with van der Waals surface area (Å²) in [5.74, 6) is 0.176. The molecule has 0 saturated carbocycles. The Morgan fingerprint density at radius 1 is 1.23 bits per heavy atom. The van der Waals surface area contributed by atoms with Gasteiger partial charge in [0.05, 0.1) is 5.52 Å². The number of aliphatic hydroxyl groups excluding tert-OH is 1. The van der Waals surface area contributed by atoms with E-state index in [9.17, 15) is 15.3 Å². The highest BCUT2D eigenvalue weighted by molar-refractivity contribution is 5.91. The fourth-order valence-corrected chi connectivity index (χ4v) is 3.75. The summed E-state index contributed by atoms with van der Waals surface area (Å²) in [4.78, 5) is 3.37. The third-order valence-corrected chi connectivity index (χ3v) is 4.86. The second-order valence-corrected chi connectivity index (χ2v) is 5.83. The van der Waals surface area contributed by atoms with E-state index in [0.29, 0.717) is 5.52 Å². The van der Waals surface area contributed by atoms with Crippen molar-refractivity contribution in [3.63, 3.8) is 0 Å². The van der Waals surface area contributed by atoms with Crippen LogP contribution in [0.2, 0.25) is 0 Å². The predicted molar refractivity (Wildman–Crippen MR) is 89.6 cm³/mol. The van der Waals surface area contributed by atoms with Gasteiger partial charge >= 0.3 is 0 Å². The highest BCUT2D eigenvalue weighted by Gasteiger charge is 2.37. The number of phenols is 2. The Hall–Kier alpha value is -1.68. The maximum Gasteiger partial charge on any atom is 0.143 e. The summed E-state index contributed by atoms with van der Waals surface area (Å²) in [5, 5.41) is 30.1. The van der Waals surface area contributed by atoms with Gasteiger partial charge in [-0.3, -0.25) is 0 Å². The van der Waals surface area contributed by atoms with Crippen molar-refractivity contribution in [1.82, 2.24) is 4.98 Å². The van der Waals surface area contributed by atoms with E-state index >= 15 is 0 Å².